The zero-order valence-electron chi connectivity index (χ0n) is 20.3. The van der Waals surface area contributed by atoms with Crippen molar-refractivity contribution < 1.29 is 22.7 Å². The Morgan fingerprint density at radius 2 is 1.78 bits per heavy atom. The lowest BCUT2D eigenvalue weighted by Gasteiger charge is -2.16. The molecule has 1 amide bonds. The van der Waals surface area contributed by atoms with Crippen molar-refractivity contribution in [2.24, 2.45) is 4.99 Å². The molecule has 0 saturated heterocycles. The van der Waals surface area contributed by atoms with Crippen LogP contribution in [0.2, 0.25) is 0 Å². The molecule has 0 fully saturated rings. The largest absolute Gasteiger partial charge is 0.468 e. The second-order valence-electron chi connectivity index (χ2n) is 8.30. The first-order chi connectivity index (χ1) is 17.3. The molecule has 0 bridgehead atoms. The number of hydrogen-bond donors (Lipinski definition) is 0. The van der Waals surface area contributed by atoms with Gasteiger partial charge in [-0.25, -0.2) is 12.7 Å². The monoisotopic (exact) mass is 525 g/mol. The molecule has 0 unspecified atom stereocenters. The number of sulfonamides is 1. The molecular formula is C26H27N3O5S2. The number of methoxy groups -OCH3 is 1. The summed E-state index contributed by atoms with van der Waals surface area (Å²) in [4.78, 5) is 29.9. The number of ether oxygens (including phenoxy) is 1. The summed E-state index contributed by atoms with van der Waals surface area (Å²) >= 11 is 1.31. The third-order valence-electron chi connectivity index (χ3n) is 5.92. The van der Waals surface area contributed by atoms with Crippen LogP contribution >= 0.6 is 11.3 Å². The Kier molecular flexibility index (Phi) is 7.67. The number of rotatable bonds is 8. The topological polar surface area (TPSA) is 98.0 Å². The molecule has 1 aromatic heterocycles. The number of unbranched alkanes of at least 4 members (excludes halogenated alkanes) is 1. The number of nitrogens with zero attached hydrogens (tertiary/aromatic N) is 3. The Balaban J connectivity index is 1.74. The first-order valence-corrected chi connectivity index (χ1v) is 13.7. The fourth-order valence-corrected chi connectivity index (χ4v) is 6.20. The molecule has 0 aliphatic carbocycles. The average molecular weight is 526 g/mol. The summed E-state index contributed by atoms with van der Waals surface area (Å²) in [6, 6.07) is 17.5. The molecule has 0 N–H and O–H groups in total. The number of hydrogen-bond acceptors (Lipinski definition) is 6. The van der Waals surface area contributed by atoms with Crippen LogP contribution in [0.5, 0.6) is 0 Å². The van der Waals surface area contributed by atoms with E-state index in [1.807, 2.05) is 43.3 Å². The molecule has 0 saturated carbocycles. The predicted octanol–water partition coefficient (Wildman–Crippen LogP) is 4.19. The van der Waals surface area contributed by atoms with E-state index in [1.54, 1.807) is 11.6 Å². The van der Waals surface area contributed by atoms with Crippen molar-refractivity contribution >= 4 is 54.2 Å². The SMILES string of the molecule is CCCCN(C)S(=O)(=O)c1ccc(C(=O)N=c2sc3c4ccccc4ccc3n2CC(=O)OC)cc1. The van der Waals surface area contributed by atoms with Gasteiger partial charge in [0, 0.05) is 24.5 Å². The fraction of sp³-hybridized carbons (Fsp3) is 0.269. The van der Waals surface area contributed by atoms with E-state index in [1.165, 1.54) is 47.0 Å². The maximum Gasteiger partial charge on any atom is 0.325 e. The Morgan fingerprint density at radius 1 is 1.06 bits per heavy atom. The second kappa shape index (κ2) is 10.7. The van der Waals surface area contributed by atoms with E-state index in [-0.39, 0.29) is 17.0 Å². The van der Waals surface area contributed by atoms with Gasteiger partial charge in [-0.05, 0) is 42.1 Å². The van der Waals surface area contributed by atoms with Crippen LogP contribution in [-0.2, 0) is 26.1 Å². The van der Waals surface area contributed by atoms with Crippen LogP contribution in [-0.4, -0.2) is 49.9 Å². The molecule has 0 atom stereocenters. The fourth-order valence-electron chi connectivity index (χ4n) is 3.83. The maximum absolute atomic E-state index is 13.0. The Labute approximate surface area is 213 Å². The zero-order valence-corrected chi connectivity index (χ0v) is 21.9. The summed E-state index contributed by atoms with van der Waals surface area (Å²) in [6.45, 7) is 2.33. The second-order valence-corrected chi connectivity index (χ2v) is 11.3. The van der Waals surface area contributed by atoms with E-state index >= 15 is 0 Å². The molecule has 4 rings (SSSR count). The van der Waals surface area contributed by atoms with Crippen LogP contribution in [0.1, 0.15) is 30.1 Å². The van der Waals surface area contributed by atoms with Gasteiger partial charge in [0.05, 0.1) is 22.2 Å². The third kappa shape index (κ3) is 5.11. The number of amides is 1. The lowest BCUT2D eigenvalue weighted by molar-refractivity contribution is -0.141. The number of aromatic nitrogens is 1. The molecule has 8 nitrogen and oxygen atoms in total. The highest BCUT2D eigenvalue weighted by Gasteiger charge is 2.21. The van der Waals surface area contributed by atoms with Crippen LogP contribution in [0.15, 0.2) is 70.6 Å². The summed E-state index contributed by atoms with van der Waals surface area (Å²) in [5, 5.41) is 2.03. The highest BCUT2D eigenvalue weighted by molar-refractivity contribution is 7.89. The first-order valence-electron chi connectivity index (χ1n) is 11.5. The van der Waals surface area contributed by atoms with Crippen LogP contribution in [0, 0.1) is 0 Å². The molecule has 3 aromatic carbocycles. The predicted molar refractivity (Wildman–Crippen MR) is 140 cm³/mol. The number of benzene rings is 3. The van der Waals surface area contributed by atoms with Crippen molar-refractivity contribution in [3.05, 3.63) is 71.0 Å². The van der Waals surface area contributed by atoms with E-state index in [0.717, 1.165) is 33.8 Å². The van der Waals surface area contributed by atoms with Gasteiger partial charge in [0.15, 0.2) is 4.80 Å². The molecular weight excluding hydrogens is 498 g/mol. The van der Waals surface area contributed by atoms with Crippen molar-refractivity contribution in [1.29, 1.82) is 0 Å². The summed E-state index contributed by atoms with van der Waals surface area (Å²) in [7, 11) is -0.780. The highest BCUT2D eigenvalue weighted by Crippen LogP contribution is 2.28. The van der Waals surface area contributed by atoms with Gasteiger partial charge < -0.3 is 9.30 Å². The lowest BCUT2D eigenvalue weighted by atomic mass is 10.1. The van der Waals surface area contributed by atoms with Crippen molar-refractivity contribution in [1.82, 2.24) is 8.87 Å². The van der Waals surface area contributed by atoms with Gasteiger partial charge in [-0.1, -0.05) is 55.0 Å². The van der Waals surface area contributed by atoms with E-state index in [2.05, 4.69) is 4.99 Å². The standard InChI is InChI=1S/C26H27N3O5S2/c1-4-5-16-28(2)36(32,33)20-13-10-19(11-14-20)25(31)27-26-29(17-23(30)34-3)22-15-12-18-8-6-7-9-21(18)24(22)35-26/h6-15H,4-5,16-17H2,1-3H3. The number of esters is 1. The molecule has 4 aromatic rings. The van der Waals surface area contributed by atoms with Crippen molar-refractivity contribution in [3.8, 4) is 0 Å². The van der Waals surface area contributed by atoms with E-state index in [9.17, 15) is 18.0 Å². The molecule has 0 aliphatic rings. The quantitative estimate of drug-likeness (QED) is 0.321. The van der Waals surface area contributed by atoms with Crippen LogP contribution < -0.4 is 4.80 Å². The van der Waals surface area contributed by atoms with E-state index < -0.39 is 21.9 Å². The summed E-state index contributed by atoms with van der Waals surface area (Å²) < 4.78 is 34.3. The normalized spacial score (nSPS) is 12.5. The molecule has 0 radical (unpaired) electrons. The van der Waals surface area contributed by atoms with Crippen molar-refractivity contribution in [2.75, 3.05) is 20.7 Å². The van der Waals surface area contributed by atoms with Gasteiger partial charge in [0.25, 0.3) is 5.91 Å². The first kappa shape index (κ1) is 25.7. The number of carbonyl (C=O) groups excluding carboxylic acids is 2. The molecule has 0 spiro atoms. The van der Waals surface area contributed by atoms with Crippen molar-refractivity contribution in [3.63, 3.8) is 0 Å². The minimum atomic E-state index is -3.64. The molecule has 188 valence electrons. The Morgan fingerprint density at radius 3 is 2.47 bits per heavy atom. The van der Waals surface area contributed by atoms with Crippen molar-refractivity contribution in [2.45, 2.75) is 31.2 Å². The Bertz CT molecular complexity index is 1600. The summed E-state index contributed by atoms with van der Waals surface area (Å²) in [5.74, 6) is -0.994. The summed E-state index contributed by atoms with van der Waals surface area (Å²) in [6.07, 6.45) is 1.65. The van der Waals surface area contributed by atoms with Crippen LogP contribution in [0.3, 0.4) is 0 Å². The zero-order chi connectivity index (χ0) is 25.9. The van der Waals surface area contributed by atoms with E-state index in [0.29, 0.717) is 11.3 Å². The highest BCUT2D eigenvalue weighted by atomic mass is 32.2. The average Bonchev–Trinajstić information content (AvgIpc) is 3.24. The third-order valence-corrected chi connectivity index (χ3v) is 8.92. The lowest BCUT2D eigenvalue weighted by Crippen LogP contribution is -2.27. The summed E-state index contributed by atoms with van der Waals surface area (Å²) in [5.41, 5.74) is 1.02. The number of thiazole rings is 1. The van der Waals surface area contributed by atoms with Gasteiger partial charge in [0.2, 0.25) is 10.0 Å². The van der Waals surface area contributed by atoms with Gasteiger partial charge in [-0.3, -0.25) is 9.59 Å². The van der Waals surface area contributed by atoms with Gasteiger partial charge in [-0.15, -0.1) is 0 Å². The van der Waals surface area contributed by atoms with Gasteiger partial charge in [-0.2, -0.15) is 4.99 Å². The van der Waals surface area contributed by atoms with Crippen LogP contribution in [0.4, 0.5) is 0 Å². The molecule has 10 heteroatoms. The minimum absolute atomic E-state index is 0.0950. The van der Waals surface area contributed by atoms with E-state index in [4.69, 9.17) is 4.74 Å². The van der Waals surface area contributed by atoms with Gasteiger partial charge >= 0.3 is 5.97 Å². The van der Waals surface area contributed by atoms with Crippen LogP contribution in [0.25, 0.3) is 21.0 Å². The van der Waals surface area contributed by atoms with Gasteiger partial charge in [0.1, 0.15) is 6.54 Å². The molecule has 36 heavy (non-hydrogen) atoms. The maximum atomic E-state index is 13.0. The minimum Gasteiger partial charge on any atom is -0.468 e. The smallest absolute Gasteiger partial charge is 0.325 e. The number of fused-ring (bicyclic) bond motifs is 3. The molecule has 1 heterocycles. The number of carbonyl (C=O) groups is 2. The molecule has 0 aliphatic heterocycles. The Hall–Kier alpha value is -3.34.